The SMILES string of the molecule is CCCC(N)CC(=O)Nc1ccc(C)cc1OCCOC. The Kier molecular flexibility index (Phi) is 7.79. The summed E-state index contributed by atoms with van der Waals surface area (Å²) in [5.74, 6) is 0.570. The molecule has 118 valence electrons. The molecule has 21 heavy (non-hydrogen) atoms. The van der Waals surface area contributed by atoms with Gasteiger partial charge in [-0.05, 0) is 31.0 Å². The maximum absolute atomic E-state index is 12.0. The molecule has 1 aromatic rings. The molecule has 0 aliphatic carbocycles. The number of hydrogen-bond donors (Lipinski definition) is 2. The number of rotatable bonds is 9. The van der Waals surface area contributed by atoms with Crippen molar-refractivity contribution in [3.8, 4) is 5.75 Å². The largest absolute Gasteiger partial charge is 0.489 e. The Morgan fingerprint density at radius 2 is 2.14 bits per heavy atom. The van der Waals surface area contributed by atoms with E-state index in [1.807, 2.05) is 25.1 Å². The molecule has 0 bridgehead atoms. The first-order valence-electron chi connectivity index (χ1n) is 7.34. The van der Waals surface area contributed by atoms with Crippen LogP contribution in [0.2, 0.25) is 0 Å². The minimum Gasteiger partial charge on any atom is -0.489 e. The number of amides is 1. The minimum absolute atomic E-state index is 0.0867. The molecular weight excluding hydrogens is 268 g/mol. The third kappa shape index (κ3) is 6.60. The number of carbonyl (C=O) groups is 1. The Balaban J connectivity index is 2.66. The third-order valence-electron chi connectivity index (χ3n) is 3.06. The molecule has 0 aliphatic rings. The molecule has 0 heterocycles. The molecule has 0 radical (unpaired) electrons. The highest BCUT2D eigenvalue weighted by Gasteiger charge is 2.12. The average Bonchev–Trinajstić information content (AvgIpc) is 2.42. The van der Waals surface area contributed by atoms with Gasteiger partial charge in [0.2, 0.25) is 5.91 Å². The number of aryl methyl sites for hydroxylation is 1. The van der Waals surface area contributed by atoms with E-state index in [9.17, 15) is 4.79 Å². The van der Waals surface area contributed by atoms with Crippen LogP contribution in [0.25, 0.3) is 0 Å². The molecule has 0 aliphatic heterocycles. The summed E-state index contributed by atoms with van der Waals surface area (Å²) in [6.07, 6.45) is 2.14. The van der Waals surface area contributed by atoms with Crippen molar-refractivity contribution in [2.45, 2.75) is 39.2 Å². The molecular formula is C16H26N2O3. The Bertz CT molecular complexity index is 449. The molecule has 0 saturated heterocycles. The zero-order valence-electron chi connectivity index (χ0n) is 13.1. The topological polar surface area (TPSA) is 73.6 Å². The van der Waals surface area contributed by atoms with Gasteiger partial charge in [0.25, 0.3) is 0 Å². The Hall–Kier alpha value is -1.59. The van der Waals surface area contributed by atoms with Gasteiger partial charge in [-0.15, -0.1) is 0 Å². The molecule has 1 rings (SSSR count). The van der Waals surface area contributed by atoms with Crippen LogP contribution in [-0.2, 0) is 9.53 Å². The van der Waals surface area contributed by atoms with Crippen LogP contribution < -0.4 is 15.8 Å². The van der Waals surface area contributed by atoms with Gasteiger partial charge in [0.15, 0.2) is 0 Å². The van der Waals surface area contributed by atoms with Gasteiger partial charge in [0.1, 0.15) is 12.4 Å². The van der Waals surface area contributed by atoms with Crippen LogP contribution in [0.3, 0.4) is 0 Å². The summed E-state index contributed by atoms with van der Waals surface area (Å²) in [4.78, 5) is 12.0. The second-order valence-electron chi connectivity index (χ2n) is 5.14. The van der Waals surface area contributed by atoms with Crippen LogP contribution in [0, 0.1) is 6.92 Å². The van der Waals surface area contributed by atoms with Crippen molar-refractivity contribution in [2.75, 3.05) is 25.6 Å². The van der Waals surface area contributed by atoms with Gasteiger partial charge in [-0.2, -0.15) is 0 Å². The first-order valence-corrected chi connectivity index (χ1v) is 7.34. The van der Waals surface area contributed by atoms with Crippen LogP contribution in [0.15, 0.2) is 18.2 Å². The molecule has 5 nitrogen and oxygen atoms in total. The first kappa shape index (κ1) is 17.5. The summed E-state index contributed by atoms with van der Waals surface area (Å²) in [6, 6.07) is 5.58. The van der Waals surface area contributed by atoms with Gasteiger partial charge in [-0.25, -0.2) is 0 Å². The van der Waals surface area contributed by atoms with E-state index in [2.05, 4.69) is 12.2 Å². The summed E-state index contributed by atoms with van der Waals surface area (Å²) in [5, 5.41) is 2.87. The van der Waals surface area contributed by atoms with Crippen molar-refractivity contribution in [2.24, 2.45) is 5.73 Å². The van der Waals surface area contributed by atoms with E-state index < -0.39 is 0 Å². The van der Waals surface area contributed by atoms with Crippen LogP contribution >= 0.6 is 0 Å². The lowest BCUT2D eigenvalue weighted by Crippen LogP contribution is -2.27. The maximum Gasteiger partial charge on any atom is 0.226 e. The van der Waals surface area contributed by atoms with Crippen molar-refractivity contribution in [1.29, 1.82) is 0 Å². The van der Waals surface area contributed by atoms with Crippen LogP contribution in [0.5, 0.6) is 5.75 Å². The fourth-order valence-electron chi connectivity index (χ4n) is 2.00. The third-order valence-corrected chi connectivity index (χ3v) is 3.06. The van der Waals surface area contributed by atoms with E-state index in [-0.39, 0.29) is 11.9 Å². The predicted octanol–water partition coefficient (Wildman–Crippen LogP) is 2.48. The van der Waals surface area contributed by atoms with Gasteiger partial charge in [-0.1, -0.05) is 19.4 Å². The van der Waals surface area contributed by atoms with Crippen LogP contribution in [0.1, 0.15) is 31.7 Å². The summed E-state index contributed by atoms with van der Waals surface area (Å²) in [6.45, 7) is 4.98. The number of methoxy groups -OCH3 is 1. The molecule has 1 atom stereocenters. The van der Waals surface area contributed by atoms with Crippen molar-refractivity contribution >= 4 is 11.6 Å². The molecule has 0 aromatic heterocycles. The molecule has 3 N–H and O–H groups in total. The van der Waals surface area contributed by atoms with E-state index in [1.165, 1.54) is 0 Å². The molecule has 1 amide bonds. The summed E-state index contributed by atoms with van der Waals surface area (Å²) < 4.78 is 10.6. The lowest BCUT2D eigenvalue weighted by atomic mass is 10.1. The monoisotopic (exact) mass is 294 g/mol. The molecule has 5 heteroatoms. The summed E-state index contributed by atoms with van der Waals surface area (Å²) in [7, 11) is 1.62. The number of anilines is 1. The second kappa shape index (κ2) is 9.37. The summed E-state index contributed by atoms with van der Waals surface area (Å²) >= 11 is 0. The predicted molar refractivity (Wildman–Crippen MR) is 84.7 cm³/mol. The maximum atomic E-state index is 12.0. The fraction of sp³-hybridized carbons (Fsp3) is 0.562. The second-order valence-corrected chi connectivity index (χ2v) is 5.14. The Morgan fingerprint density at radius 1 is 1.38 bits per heavy atom. The lowest BCUT2D eigenvalue weighted by Gasteiger charge is -2.15. The van der Waals surface area contributed by atoms with E-state index >= 15 is 0 Å². The molecule has 1 aromatic carbocycles. The van der Waals surface area contributed by atoms with Crippen molar-refractivity contribution in [3.63, 3.8) is 0 Å². The highest BCUT2D eigenvalue weighted by Crippen LogP contribution is 2.26. The number of nitrogens with one attached hydrogen (secondary N) is 1. The average molecular weight is 294 g/mol. The van der Waals surface area contributed by atoms with Gasteiger partial charge in [0, 0.05) is 19.6 Å². The number of ether oxygens (including phenoxy) is 2. The van der Waals surface area contributed by atoms with Crippen LogP contribution in [-0.4, -0.2) is 32.3 Å². The van der Waals surface area contributed by atoms with E-state index in [4.69, 9.17) is 15.2 Å². The number of benzene rings is 1. The normalized spacial score (nSPS) is 12.0. The quantitative estimate of drug-likeness (QED) is 0.686. The molecule has 0 fully saturated rings. The highest BCUT2D eigenvalue weighted by molar-refractivity contribution is 5.92. The van der Waals surface area contributed by atoms with E-state index in [0.717, 1.165) is 18.4 Å². The first-order chi connectivity index (χ1) is 10.1. The number of hydrogen-bond acceptors (Lipinski definition) is 4. The Morgan fingerprint density at radius 3 is 2.81 bits per heavy atom. The smallest absolute Gasteiger partial charge is 0.226 e. The zero-order valence-corrected chi connectivity index (χ0v) is 13.1. The Labute approximate surface area is 126 Å². The van der Waals surface area contributed by atoms with Crippen molar-refractivity contribution in [3.05, 3.63) is 23.8 Å². The van der Waals surface area contributed by atoms with Crippen LogP contribution in [0.4, 0.5) is 5.69 Å². The summed E-state index contributed by atoms with van der Waals surface area (Å²) in [5.41, 5.74) is 7.63. The highest BCUT2D eigenvalue weighted by atomic mass is 16.5. The van der Waals surface area contributed by atoms with Gasteiger partial charge in [0.05, 0.1) is 12.3 Å². The van der Waals surface area contributed by atoms with Gasteiger partial charge >= 0.3 is 0 Å². The zero-order chi connectivity index (χ0) is 15.7. The van der Waals surface area contributed by atoms with E-state index in [0.29, 0.717) is 31.1 Å². The lowest BCUT2D eigenvalue weighted by molar-refractivity contribution is -0.116. The standard InChI is InChI=1S/C16H26N2O3/c1-4-5-13(17)11-16(19)18-14-7-6-12(2)10-15(14)21-9-8-20-3/h6-7,10,13H,4-5,8-9,11,17H2,1-3H3,(H,18,19). The molecule has 0 spiro atoms. The van der Waals surface area contributed by atoms with Gasteiger partial charge in [-0.3, -0.25) is 4.79 Å². The van der Waals surface area contributed by atoms with Crippen molar-refractivity contribution in [1.82, 2.24) is 0 Å². The molecule has 0 saturated carbocycles. The number of nitrogens with two attached hydrogens (primary N) is 1. The molecule has 1 unspecified atom stereocenters. The van der Waals surface area contributed by atoms with Crippen molar-refractivity contribution < 1.29 is 14.3 Å². The van der Waals surface area contributed by atoms with E-state index in [1.54, 1.807) is 7.11 Å². The number of carbonyl (C=O) groups excluding carboxylic acids is 1. The van der Waals surface area contributed by atoms with Gasteiger partial charge < -0.3 is 20.5 Å². The minimum atomic E-state index is -0.0988. The fourth-order valence-corrected chi connectivity index (χ4v) is 2.00.